The second kappa shape index (κ2) is 6.56. The third-order valence-electron chi connectivity index (χ3n) is 3.07. The Kier molecular flexibility index (Phi) is 5.61. The van der Waals surface area contributed by atoms with E-state index in [1.54, 1.807) is 4.90 Å². The van der Waals surface area contributed by atoms with Crippen LogP contribution in [0.25, 0.3) is 0 Å². The van der Waals surface area contributed by atoms with Crippen LogP contribution >= 0.6 is 0 Å². The van der Waals surface area contributed by atoms with Gasteiger partial charge in [0.15, 0.2) is 0 Å². The molecule has 1 saturated heterocycles. The van der Waals surface area contributed by atoms with Gasteiger partial charge >= 0.3 is 6.18 Å². The molecule has 2 unspecified atom stereocenters. The van der Waals surface area contributed by atoms with Crippen LogP contribution in [0, 0.1) is 5.92 Å². The van der Waals surface area contributed by atoms with E-state index in [1.807, 2.05) is 20.8 Å². The molecule has 0 bridgehead atoms. The summed E-state index contributed by atoms with van der Waals surface area (Å²) in [5.41, 5.74) is 0. The maximum absolute atomic E-state index is 12.0. The third-order valence-corrected chi connectivity index (χ3v) is 3.07. The molecule has 0 aromatic heterocycles. The summed E-state index contributed by atoms with van der Waals surface area (Å²) >= 11 is 0. The van der Waals surface area contributed by atoms with Gasteiger partial charge in [0.2, 0.25) is 5.91 Å². The summed E-state index contributed by atoms with van der Waals surface area (Å²) in [6.07, 6.45) is -3.79. The molecule has 1 heterocycles. The van der Waals surface area contributed by atoms with Crippen molar-refractivity contribution in [1.82, 2.24) is 10.2 Å². The fourth-order valence-electron chi connectivity index (χ4n) is 2.15. The molecule has 2 atom stereocenters. The predicted octanol–water partition coefficient (Wildman–Crippen LogP) is 1.76. The number of carbonyl (C=O) groups is 1. The molecule has 1 aliphatic heterocycles. The van der Waals surface area contributed by atoms with Gasteiger partial charge in [0, 0.05) is 6.54 Å². The van der Waals surface area contributed by atoms with Crippen LogP contribution in [0.2, 0.25) is 0 Å². The normalized spacial score (nSPS) is 24.6. The van der Waals surface area contributed by atoms with Crippen LogP contribution in [0.1, 0.15) is 27.2 Å². The van der Waals surface area contributed by atoms with E-state index in [9.17, 15) is 18.0 Å². The minimum absolute atomic E-state index is 0.0585. The largest absolute Gasteiger partial charge is 0.411 e. The summed E-state index contributed by atoms with van der Waals surface area (Å²) in [7, 11) is 0. The SMILES string of the molecule is CCC1NC(C(C)C)N(CCOCC(F)(F)F)C1=O. The number of nitrogens with one attached hydrogen (secondary N) is 1. The molecule has 1 N–H and O–H groups in total. The average Bonchev–Trinajstić information content (AvgIpc) is 2.60. The maximum atomic E-state index is 12.0. The molecule has 0 radical (unpaired) electrons. The lowest BCUT2D eigenvalue weighted by atomic mass is 10.1. The molecule has 0 aromatic carbocycles. The number of amides is 1. The Balaban J connectivity index is 2.47. The molecule has 0 aromatic rings. The molecule has 112 valence electrons. The summed E-state index contributed by atoms with van der Waals surface area (Å²) < 4.78 is 40.4. The smallest absolute Gasteiger partial charge is 0.370 e. The van der Waals surface area contributed by atoms with Crippen LogP contribution in [0.3, 0.4) is 0 Å². The van der Waals surface area contributed by atoms with E-state index in [2.05, 4.69) is 10.1 Å². The van der Waals surface area contributed by atoms with Gasteiger partial charge in [-0.05, 0) is 12.3 Å². The lowest BCUT2D eigenvalue weighted by Crippen LogP contribution is -2.43. The second-order valence-electron chi connectivity index (χ2n) is 5.02. The van der Waals surface area contributed by atoms with Crippen LogP contribution in [-0.2, 0) is 9.53 Å². The van der Waals surface area contributed by atoms with Crippen molar-refractivity contribution in [3.05, 3.63) is 0 Å². The summed E-state index contributed by atoms with van der Waals surface area (Å²) in [4.78, 5) is 13.6. The topological polar surface area (TPSA) is 41.6 Å². The van der Waals surface area contributed by atoms with Gasteiger partial charge in [0.25, 0.3) is 0 Å². The van der Waals surface area contributed by atoms with Gasteiger partial charge in [-0.1, -0.05) is 20.8 Å². The Morgan fingerprint density at radius 1 is 1.42 bits per heavy atom. The molecule has 1 rings (SSSR count). The molecule has 1 fully saturated rings. The van der Waals surface area contributed by atoms with Crippen molar-refractivity contribution in [1.29, 1.82) is 0 Å². The van der Waals surface area contributed by atoms with Crippen LogP contribution in [-0.4, -0.2) is 48.9 Å². The number of hydrogen-bond donors (Lipinski definition) is 1. The Morgan fingerprint density at radius 2 is 2.05 bits per heavy atom. The highest BCUT2D eigenvalue weighted by molar-refractivity contribution is 5.84. The Hall–Kier alpha value is -0.820. The van der Waals surface area contributed by atoms with Crippen molar-refractivity contribution < 1.29 is 22.7 Å². The van der Waals surface area contributed by atoms with Crippen LogP contribution in [0.4, 0.5) is 13.2 Å². The molecule has 0 spiro atoms. The number of halogens is 3. The van der Waals surface area contributed by atoms with Gasteiger partial charge in [0.1, 0.15) is 6.61 Å². The van der Waals surface area contributed by atoms with Crippen molar-refractivity contribution >= 4 is 5.91 Å². The third kappa shape index (κ3) is 4.65. The number of alkyl halides is 3. The first kappa shape index (κ1) is 16.2. The Labute approximate surface area is 111 Å². The maximum Gasteiger partial charge on any atom is 0.411 e. The zero-order valence-corrected chi connectivity index (χ0v) is 11.5. The molecule has 1 aliphatic rings. The minimum Gasteiger partial charge on any atom is -0.370 e. The quantitative estimate of drug-likeness (QED) is 0.755. The van der Waals surface area contributed by atoms with Gasteiger partial charge < -0.3 is 9.64 Å². The second-order valence-corrected chi connectivity index (χ2v) is 5.02. The van der Waals surface area contributed by atoms with E-state index in [4.69, 9.17) is 0 Å². The Morgan fingerprint density at radius 3 is 2.53 bits per heavy atom. The summed E-state index contributed by atoms with van der Waals surface area (Å²) in [6, 6.07) is -0.241. The summed E-state index contributed by atoms with van der Waals surface area (Å²) in [5.74, 6) is 0.139. The van der Waals surface area contributed by atoms with Gasteiger partial charge in [-0.15, -0.1) is 0 Å². The standard InChI is InChI=1S/C12H21F3N2O2/c1-4-9-11(18)17(10(16-9)8(2)3)5-6-19-7-12(13,14)15/h8-10,16H,4-7H2,1-3H3. The van der Waals surface area contributed by atoms with Crippen LogP contribution < -0.4 is 5.32 Å². The fraction of sp³-hybridized carbons (Fsp3) is 0.917. The average molecular weight is 282 g/mol. The number of hydrogen-bond acceptors (Lipinski definition) is 3. The molecule has 0 aliphatic carbocycles. The van der Waals surface area contributed by atoms with Crippen molar-refractivity contribution in [2.24, 2.45) is 5.92 Å². The van der Waals surface area contributed by atoms with Gasteiger partial charge in [-0.25, -0.2) is 0 Å². The molecule has 4 nitrogen and oxygen atoms in total. The van der Waals surface area contributed by atoms with E-state index < -0.39 is 12.8 Å². The molecule has 7 heteroatoms. The van der Waals surface area contributed by atoms with E-state index in [-0.39, 0.29) is 37.2 Å². The van der Waals surface area contributed by atoms with Gasteiger partial charge in [-0.2, -0.15) is 13.2 Å². The van der Waals surface area contributed by atoms with Crippen molar-refractivity contribution in [2.45, 2.75) is 45.6 Å². The monoisotopic (exact) mass is 282 g/mol. The fourth-order valence-corrected chi connectivity index (χ4v) is 2.15. The molecule has 0 saturated carbocycles. The van der Waals surface area contributed by atoms with Gasteiger partial charge in [-0.3, -0.25) is 10.1 Å². The van der Waals surface area contributed by atoms with Crippen LogP contribution in [0.5, 0.6) is 0 Å². The summed E-state index contributed by atoms with van der Waals surface area (Å²) in [6.45, 7) is 4.63. The highest BCUT2D eigenvalue weighted by Gasteiger charge is 2.39. The van der Waals surface area contributed by atoms with Crippen molar-refractivity contribution in [3.63, 3.8) is 0 Å². The molecular weight excluding hydrogens is 261 g/mol. The first-order valence-electron chi connectivity index (χ1n) is 6.47. The molecular formula is C12H21F3N2O2. The van der Waals surface area contributed by atoms with Crippen LogP contribution in [0.15, 0.2) is 0 Å². The lowest BCUT2D eigenvalue weighted by Gasteiger charge is -2.27. The number of ether oxygens (including phenoxy) is 1. The minimum atomic E-state index is -4.32. The lowest BCUT2D eigenvalue weighted by molar-refractivity contribution is -0.175. The highest BCUT2D eigenvalue weighted by Crippen LogP contribution is 2.19. The van der Waals surface area contributed by atoms with E-state index in [0.29, 0.717) is 6.42 Å². The first-order chi connectivity index (χ1) is 8.76. The Bertz CT molecular complexity index is 308. The predicted molar refractivity (Wildman–Crippen MR) is 64.4 cm³/mol. The van der Waals surface area contributed by atoms with E-state index in [0.717, 1.165) is 0 Å². The molecule has 1 amide bonds. The van der Waals surface area contributed by atoms with E-state index in [1.165, 1.54) is 0 Å². The first-order valence-corrected chi connectivity index (χ1v) is 6.47. The zero-order valence-electron chi connectivity index (χ0n) is 11.5. The van der Waals surface area contributed by atoms with E-state index >= 15 is 0 Å². The number of carbonyl (C=O) groups excluding carboxylic acids is 1. The number of rotatable bonds is 6. The van der Waals surface area contributed by atoms with Crippen molar-refractivity contribution in [3.8, 4) is 0 Å². The zero-order chi connectivity index (χ0) is 14.6. The highest BCUT2D eigenvalue weighted by atomic mass is 19.4. The van der Waals surface area contributed by atoms with Gasteiger partial charge in [0.05, 0.1) is 18.8 Å². The van der Waals surface area contributed by atoms with Crippen molar-refractivity contribution in [2.75, 3.05) is 19.8 Å². The molecule has 19 heavy (non-hydrogen) atoms. The summed E-state index contributed by atoms with van der Waals surface area (Å²) in [5, 5.41) is 3.20. The number of nitrogens with zero attached hydrogens (tertiary/aromatic N) is 1.